The summed E-state index contributed by atoms with van der Waals surface area (Å²) in [4.78, 5) is 0. The number of benzene rings is 2. The highest BCUT2D eigenvalue weighted by atomic mass is 35.5. The summed E-state index contributed by atoms with van der Waals surface area (Å²) < 4.78 is 21.6. The number of thioether (sulfide) groups is 1. The van der Waals surface area contributed by atoms with Gasteiger partial charge in [-0.05, 0) is 43.2 Å². The molecule has 0 N–H and O–H groups in total. The lowest BCUT2D eigenvalue weighted by atomic mass is 10.2. The second-order valence-corrected chi connectivity index (χ2v) is 7.84. The van der Waals surface area contributed by atoms with Gasteiger partial charge in [0.2, 0.25) is 0 Å². The summed E-state index contributed by atoms with van der Waals surface area (Å²) in [6, 6.07) is 11.9. The van der Waals surface area contributed by atoms with Gasteiger partial charge in [0, 0.05) is 23.7 Å². The third-order valence-electron chi connectivity index (χ3n) is 4.12. The Hall–Kier alpha value is -1.76. The Balaban J connectivity index is 1.54. The van der Waals surface area contributed by atoms with Gasteiger partial charge in [-0.25, -0.2) is 4.39 Å². The number of rotatable bonds is 9. The Bertz CT molecular complexity index is 936. The van der Waals surface area contributed by atoms with E-state index in [0.717, 1.165) is 30.4 Å². The van der Waals surface area contributed by atoms with Gasteiger partial charge in [-0.3, -0.25) is 0 Å². The molecule has 1 aromatic heterocycles. The Kier molecular flexibility index (Phi) is 7.59. The van der Waals surface area contributed by atoms with E-state index in [4.69, 9.17) is 27.9 Å². The van der Waals surface area contributed by atoms with Gasteiger partial charge in [0.15, 0.2) is 5.16 Å². The highest BCUT2D eigenvalue weighted by Gasteiger charge is 2.12. The first-order valence-electron chi connectivity index (χ1n) is 8.94. The quantitative estimate of drug-likeness (QED) is 0.300. The molecule has 0 saturated heterocycles. The molecule has 0 aliphatic rings. The summed E-state index contributed by atoms with van der Waals surface area (Å²) in [5.74, 6) is 1.83. The van der Waals surface area contributed by atoms with Gasteiger partial charge >= 0.3 is 0 Å². The Morgan fingerprint density at radius 3 is 2.71 bits per heavy atom. The number of aryl methyl sites for hydroxylation is 1. The summed E-state index contributed by atoms with van der Waals surface area (Å²) >= 11 is 13.5. The van der Waals surface area contributed by atoms with Crippen LogP contribution in [-0.2, 0) is 18.7 Å². The minimum atomic E-state index is -0.198. The number of aromatic nitrogens is 3. The second kappa shape index (κ2) is 10.1. The van der Waals surface area contributed by atoms with Gasteiger partial charge in [0.25, 0.3) is 0 Å². The highest BCUT2D eigenvalue weighted by Crippen LogP contribution is 2.28. The molecule has 0 amide bonds. The molecule has 0 fully saturated rings. The minimum Gasteiger partial charge on any atom is -0.492 e. The highest BCUT2D eigenvalue weighted by molar-refractivity contribution is 7.98. The third-order valence-corrected chi connectivity index (χ3v) is 5.67. The van der Waals surface area contributed by atoms with Crippen LogP contribution in [0.3, 0.4) is 0 Å². The van der Waals surface area contributed by atoms with Crippen molar-refractivity contribution in [2.75, 3.05) is 6.61 Å². The fourth-order valence-electron chi connectivity index (χ4n) is 2.69. The summed E-state index contributed by atoms with van der Waals surface area (Å²) in [5, 5.41) is 10.4. The number of ether oxygens (including phenoxy) is 1. The minimum absolute atomic E-state index is 0.198. The van der Waals surface area contributed by atoms with Crippen LogP contribution in [0.1, 0.15) is 24.7 Å². The molecule has 8 heteroatoms. The van der Waals surface area contributed by atoms with E-state index >= 15 is 0 Å². The third kappa shape index (κ3) is 5.40. The summed E-state index contributed by atoms with van der Waals surface area (Å²) in [6.07, 6.45) is 1.50. The lowest BCUT2D eigenvalue weighted by molar-refractivity contribution is 0.309. The molecule has 4 nitrogen and oxygen atoms in total. The van der Waals surface area contributed by atoms with E-state index in [1.807, 2.05) is 13.0 Å². The van der Waals surface area contributed by atoms with Gasteiger partial charge in [-0.15, -0.1) is 10.2 Å². The predicted molar refractivity (Wildman–Crippen MR) is 112 cm³/mol. The van der Waals surface area contributed by atoms with Crippen LogP contribution in [0.2, 0.25) is 10.0 Å². The van der Waals surface area contributed by atoms with Crippen LogP contribution in [0.25, 0.3) is 0 Å². The van der Waals surface area contributed by atoms with E-state index < -0.39 is 0 Å². The van der Waals surface area contributed by atoms with Crippen molar-refractivity contribution >= 4 is 35.0 Å². The second-order valence-electron chi connectivity index (χ2n) is 6.05. The first kappa shape index (κ1) is 21.0. The van der Waals surface area contributed by atoms with Crippen molar-refractivity contribution in [2.45, 2.75) is 37.2 Å². The van der Waals surface area contributed by atoms with Gasteiger partial charge in [-0.1, -0.05) is 53.2 Å². The molecule has 28 heavy (non-hydrogen) atoms. The van der Waals surface area contributed by atoms with Crippen LogP contribution in [0.15, 0.2) is 47.6 Å². The summed E-state index contributed by atoms with van der Waals surface area (Å²) in [7, 11) is 0. The smallest absolute Gasteiger partial charge is 0.191 e. The van der Waals surface area contributed by atoms with Crippen molar-refractivity contribution in [3.8, 4) is 5.75 Å². The molecule has 0 atom stereocenters. The zero-order chi connectivity index (χ0) is 19.9. The van der Waals surface area contributed by atoms with Crippen LogP contribution in [0.5, 0.6) is 5.75 Å². The molecular weight excluding hydrogens is 420 g/mol. The number of halogens is 3. The van der Waals surface area contributed by atoms with Crippen molar-refractivity contribution in [3.05, 3.63) is 69.7 Å². The maximum absolute atomic E-state index is 13.8. The fourth-order valence-corrected chi connectivity index (χ4v) is 4.16. The first-order valence-corrected chi connectivity index (χ1v) is 10.7. The largest absolute Gasteiger partial charge is 0.492 e. The van der Waals surface area contributed by atoms with Crippen LogP contribution < -0.4 is 4.74 Å². The maximum atomic E-state index is 13.8. The molecule has 0 unspecified atom stereocenters. The molecule has 0 spiro atoms. The molecule has 0 aliphatic carbocycles. The molecule has 148 valence electrons. The average molecular weight is 440 g/mol. The Labute approximate surface area is 178 Å². The molecule has 0 radical (unpaired) electrons. The van der Waals surface area contributed by atoms with Gasteiger partial charge in [0.1, 0.15) is 17.4 Å². The van der Waals surface area contributed by atoms with E-state index in [9.17, 15) is 4.39 Å². The normalized spacial score (nSPS) is 11.0. The van der Waals surface area contributed by atoms with Crippen LogP contribution in [-0.4, -0.2) is 21.4 Å². The van der Waals surface area contributed by atoms with Gasteiger partial charge in [-0.2, -0.15) is 0 Å². The van der Waals surface area contributed by atoms with E-state index in [2.05, 4.69) is 14.8 Å². The zero-order valence-electron chi connectivity index (χ0n) is 15.4. The van der Waals surface area contributed by atoms with E-state index in [0.29, 0.717) is 33.7 Å². The lowest BCUT2D eigenvalue weighted by Crippen LogP contribution is -2.06. The Morgan fingerprint density at radius 1 is 1.14 bits per heavy atom. The number of nitrogens with zero attached hydrogens (tertiary/aromatic N) is 3. The van der Waals surface area contributed by atoms with Crippen molar-refractivity contribution in [1.82, 2.24) is 14.8 Å². The molecule has 0 aliphatic heterocycles. The SMILES string of the molecule is CCn1c(CCCOc2ccc(Cl)cc2Cl)nnc1SCc1ccccc1F. The number of hydrogen-bond acceptors (Lipinski definition) is 4. The van der Waals surface area contributed by atoms with E-state index in [1.54, 1.807) is 30.3 Å². The molecule has 0 saturated carbocycles. The van der Waals surface area contributed by atoms with Crippen LogP contribution in [0, 0.1) is 5.82 Å². The average Bonchev–Trinajstić information content (AvgIpc) is 3.07. The topological polar surface area (TPSA) is 39.9 Å². The fraction of sp³-hybridized carbons (Fsp3) is 0.300. The van der Waals surface area contributed by atoms with Crippen molar-refractivity contribution in [1.29, 1.82) is 0 Å². The van der Waals surface area contributed by atoms with Crippen molar-refractivity contribution in [2.24, 2.45) is 0 Å². The first-order chi connectivity index (χ1) is 13.6. The van der Waals surface area contributed by atoms with Crippen LogP contribution in [0.4, 0.5) is 4.39 Å². The van der Waals surface area contributed by atoms with Crippen molar-refractivity contribution < 1.29 is 9.13 Å². The molecule has 3 aromatic rings. The summed E-state index contributed by atoms with van der Waals surface area (Å²) in [5.41, 5.74) is 0.660. The maximum Gasteiger partial charge on any atom is 0.191 e. The zero-order valence-corrected chi connectivity index (χ0v) is 17.7. The number of hydrogen-bond donors (Lipinski definition) is 0. The van der Waals surface area contributed by atoms with Crippen LogP contribution >= 0.6 is 35.0 Å². The van der Waals surface area contributed by atoms with Gasteiger partial charge in [0.05, 0.1) is 11.6 Å². The van der Waals surface area contributed by atoms with E-state index in [1.165, 1.54) is 17.8 Å². The van der Waals surface area contributed by atoms with Crippen molar-refractivity contribution in [3.63, 3.8) is 0 Å². The van der Waals surface area contributed by atoms with Gasteiger partial charge < -0.3 is 9.30 Å². The molecule has 0 bridgehead atoms. The predicted octanol–water partition coefficient (Wildman–Crippen LogP) is 6.05. The molecule has 2 aromatic carbocycles. The lowest BCUT2D eigenvalue weighted by Gasteiger charge is -2.09. The molecule has 1 heterocycles. The standard InChI is InChI=1S/C20H20Cl2FN3OS/c1-2-26-19(8-5-11-27-18-10-9-15(21)12-16(18)22)24-25-20(26)28-13-14-6-3-4-7-17(14)23/h3-4,6-7,9-10,12H,2,5,8,11,13H2,1H3. The van der Waals surface area contributed by atoms with E-state index in [-0.39, 0.29) is 5.82 Å². The Morgan fingerprint density at radius 2 is 1.96 bits per heavy atom. The monoisotopic (exact) mass is 439 g/mol. The summed E-state index contributed by atoms with van der Waals surface area (Å²) in [6.45, 7) is 3.31. The molecule has 3 rings (SSSR count). The molecular formula is C20H20Cl2FN3OS.